The highest BCUT2D eigenvalue weighted by molar-refractivity contribution is 6.31. The number of imide groups is 1. The number of benzene rings is 3. The van der Waals surface area contributed by atoms with E-state index in [1.165, 1.54) is 36.4 Å². The first kappa shape index (κ1) is 32.6. The minimum Gasteiger partial charge on any atom is -0.326 e. The van der Waals surface area contributed by atoms with Crippen molar-refractivity contribution in [2.75, 3.05) is 0 Å². The van der Waals surface area contributed by atoms with Gasteiger partial charge in [0.05, 0.1) is 39.1 Å². The molecule has 1 aliphatic rings. The molecular weight excluding hydrogens is 665 g/mol. The maximum Gasteiger partial charge on any atom is 0.299 e. The minimum absolute atomic E-state index is 0.0397. The summed E-state index contributed by atoms with van der Waals surface area (Å²) in [6, 6.07) is 11.5. The van der Waals surface area contributed by atoms with Gasteiger partial charge < -0.3 is 5.73 Å². The molecule has 0 bridgehead atoms. The number of carbonyl (C=O) groups is 2. The van der Waals surface area contributed by atoms with Gasteiger partial charge in [-0.05, 0) is 36.4 Å². The fourth-order valence-electron chi connectivity index (χ4n) is 4.46. The van der Waals surface area contributed by atoms with Crippen LogP contribution in [0.2, 0.25) is 10.0 Å². The molecule has 1 aliphatic heterocycles. The molecule has 0 aliphatic carbocycles. The summed E-state index contributed by atoms with van der Waals surface area (Å²) in [7, 11) is 0. The Labute approximate surface area is 265 Å². The van der Waals surface area contributed by atoms with Gasteiger partial charge in [0.2, 0.25) is 11.6 Å². The zero-order valence-electron chi connectivity index (χ0n) is 22.9. The molecule has 0 radical (unpaired) electrons. The molecule has 0 spiro atoms. The van der Waals surface area contributed by atoms with Crippen LogP contribution in [0.4, 0.5) is 26.3 Å². The standard InChI is InChI=1S/C18H10ClF3N4O2.C10H8ClF3N4/c19-12-5-6-13(26-8-23-16(24-26)15(21)22)11(14(12)20)7-25-17(27)9-3-1-2-4-10(9)18(25)28;11-6-1-2-7(5(3-15)8(6)12)18-4-16-10(17-18)9(13)14/h1-6,8,15H,7H2;1-2,4,9H,3,15H2. The second kappa shape index (κ2) is 13.3. The number of nitrogens with zero attached hydrogens (tertiary/aromatic N) is 7. The summed E-state index contributed by atoms with van der Waals surface area (Å²) >= 11 is 11.5. The van der Waals surface area contributed by atoms with Crippen LogP contribution >= 0.6 is 23.2 Å². The first-order valence-electron chi connectivity index (χ1n) is 12.9. The highest BCUT2D eigenvalue weighted by Gasteiger charge is 2.36. The quantitative estimate of drug-likeness (QED) is 0.159. The van der Waals surface area contributed by atoms with Gasteiger partial charge in [0, 0.05) is 17.7 Å². The molecule has 2 N–H and O–H groups in total. The predicted molar refractivity (Wildman–Crippen MR) is 151 cm³/mol. The molecule has 3 heterocycles. The Balaban J connectivity index is 0.000000200. The van der Waals surface area contributed by atoms with E-state index in [-0.39, 0.29) is 50.2 Å². The van der Waals surface area contributed by atoms with Gasteiger partial charge in [0.25, 0.3) is 24.7 Å². The van der Waals surface area contributed by atoms with E-state index in [4.69, 9.17) is 28.9 Å². The first-order valence-corrected chi connectivity index (χ1v) is 13.7. The smallest absolute Gasteiger partial charge is 0.299 e. The highest BCUT2D eigenvalue weighted by atomic mass is 35.5. The van der Waals surface area contributed by atoms with E-state index in [0.29, 0.717) is 0 Å². The summed E-state index contributed by atoms with van der Waals surface area (Å²) in [5.74, 6) is -4.11. The van der Waals surface area contributed by atoms with Crippen molar-refractivity contribution in [2.24, 2.45) is 5.73 Å². The monoisotopic (exact) mass is 682 g/mol. The Kier molecular flexibility index (Phi) is 9.41. The molecule has 0 saturated heterocycles. The zero-order valence-corrected chi connectivity index (χ0v) is 24.4. The van der Waals surface area contributed by atoms with Crippen LogP contribution in [0.25, 0.3) is 11.4 Å². The molecule has 0 atom stereocenters. The summed E-state index contributed by atoms with van der Waals surface area (Å²) in [5.41, 5.74) is 6.05. The summed E-state index contributed by atoms with van der Waals surface area (Å²) in [5, 5.41) is 6.84. The number of aromatic nitrogens is 6. The number of nitrogens with two attached hydrogens (primary N) is 1. The number of rotatable bonds is 7. The van der Waals surface area contributed by atoms with Crippen molar-refractivity contribution >= 4 is 35.0 Å². The number of hydrogen-bond donors (Lipinski definition) is 1. The summed E-state index contributed by atoms with van der Waals surface area (Å²) < 4.78 is 80.8. The van der Waals surface area contributed by atoms with Crippen LogP contribution in [0.15, 0.2) is 61.2 Å². The number of amides is 2. The SMILES string of the molecule is NCc1c(-n2cnc(C(F)F)n2)ccc(Cl)c1F.O=C1c2ccccc2C(=O)N1Cc1c(-n2cnc(C(F)F)n2)ccc(Cl)c1F. The molecule has 5 aromatic rings. The largest absolute Gasteiger partial charge is 0.326 e. The van der Waals surface area contributed by atoms with E-state index in [9.17, 15) is 35.9 Å². The minimum atomic E-state index is -2.90. The van der Waals surface area contributed by atoms with Crippen molar-refractivity contribution in [3.63, 3.8) is 0 Å². The Morgan fingerprint density at radius 2 is 1.13 bits per heavy atom. The lowest BCUT2D eigenvalue weighted by Gasteiger charge is -2.18. The van der Waals surface area contributed by atoms with E-state index in [0.717, 1.165) is 26.9 Å². The third kappa shape index (κ3) is 6.18. The molecule has 3 aromatic carbocycles. The van der Waals surface area contributed by atoms with Crippen LogP contribution in [0.3, 0.4) is 0 Å². The van der Waals surface area contributed by atoms with Crippen molar-refractivity contribution in [2.45, 2.75) is 25.9 Å². The average Bonchev–Trinajstić information content (AvgIpc) is 3.78. The van der Waals surface area contributed by atoms with Crippen molar-refractivity contribution in [1.29, 1.82) is 0 Å². The molecule has 2 aromatic heterocycles. The lowest BCUT2D eigenvalue weighted by Crippen LogP contribution is -2.30. The van der Waals surface area contributed by atoms with Crippen LogP contribution in [0, 0.1) is 11.6 Å². The van der Waals surface area contributed by atoms with Gasteiger partial charge >= 0.3 is 0 Å². The van der Waals surface area contributed by atoms with E-state index in [2.05, 4.69) is 20.2 Å². The third-order valence-electron chi connectivity index (χ3n) is 6.64. The summed E-state index contributed by atoms with van der Waals surface area (Å²) in [6.45, 7) is -0.580. The molecule has 10 nitrogen and oxygen atoms in total. The van der Waals surface area contributed by atoms with E-state index in [1.807, 2.05) is 0 Å². The van der Waals surface area contributed by atoms with Crippen LogP contribution in [0.5, 0.6) is 0 Å². The molecule has 46 heavy (non-hydrogen) atoms. The Morgan fingerprint density at radius 1 is 0.696 bits per heavy atom. The number of carbonyl (C=O) groups excluding carboxylic acids is 2. The van der Waals surface area contributed by atoms with Crippen LogP contribution in [-0.2, 0) is 13.1 Å². The second-order valence-electron chi connectivity index (χ2n) is 9.36. The molecular formula is C28H18Cl2F6N8O2. The number of halogens is 8. The Morgan fingerprint density at radius 3 is 1.54 bits per heavy atom. The first-order chi connectivity index (χ1) is 21.9. The van der Waals surface area contributed by atoms with E-state index < -0.39 is 54.5 Å². The predicted octanol–water partition coefficient (Wildman–Crippen LogP) is 6.25. The fourth-order valence-corrected chi connectivity index (χ4v) is 4.82. The van der Waals surface area contributed by atoms with Crippen LogP contribution in [0.1, 0.15) is 56.3 Å². The Hall–Kier alpha value is -4.80. The van der Waals surface area contributed by atoms with Gasteiger partial charge in [-0.25, -0.2) is 45.7 Å². The number of fused-ring (bicyclic) bond motifs is 1. The van der Waals surface area contributed by atoms with Gasteiger partial charge in [-0.15, -0.1) is 10.2 Å². The van der Waals surface area contributed by atoms with Gasteiger partial charge in [0.1, 0.15) is 24.3 Å². The third-order valence-corrected chi connectivity index (χ3v) is 7.23. The average molecular weight is 683 g/mol. The van der Waals surface area contributed by atoms with Crippen molar-refractivity contribution in [3.8, 4) is 11.4 Å². The normalized spacial score (nSPS) is 12.6. The van der Waals surface area contributed by atoms with E-state index in [1.54, 1.807) is 12.1 Å². The lowest BCUT2D eigenvalue weighted by atomic mass is 10.1. The molecule has 2 amide bonds. The summed E-state index contributed by atoms with van der Waals surface area (Å²) in [6.07, 6.45) is -3.62. The maximum absolute atomic E-state index is 14.8. The lowest BCUT2D eigenvalue weighted by molar-refractivity contribution is 0.0641. The van der Waals surface area contributed by atoms with Crippen LogP contribution < -0.4 is 5.73 Å². The van der Waals surface area contributed by atoms with Gasteiger partial charge in [0.15, 0.2) is 0 Å². The number of alkyl halides is 4. The number of hydrogen-bond acceptors (Lipinski definition) is 7. The molecule has 18 heteroatoms. The maximum atomic E-state index is 14.8. The van der Waals surface area contributed by atoms with Crippen molar-refractivity contribution < 1.29 is 35.9 Å². The van der Waals surface area contributed by atoms with Crippen molar-refractivity contribution in [3.05, 3.63) is 117 Å². The fraction of sp³-hybridized carbons (Fsp3) is 0.143. The Bertz CT molecular complexity index is 1920. The van der Waals surface area contributed by atoms with Gasteiger partial charge in [-0.1, -0.05) is 35.3 Å². The molecule has 6 rings (SSSR count). The second-order valence-corrected chi connectivity index (χ2v) is 10.2. The van der Waals surface area contributed by atoms with E-state index >= 15 is 0 Å². The zero-order chi connectivity index (χ0) is 33.3. The van der Waals surface area contributed by atoms with Gasteiger partial charge in [-0.2, -0.15) is 0 Å². The van der Waals surface area contributed by atoms with Crippen LogP contribution in [-0.4, -0.2) is 46.2 Å². The van der Waals surface area contributed by atoms with Crippen molar-refractivity contribution in [1.82, 2.24) is 34.4 Å². The highest BCUT2D eigenvalue weighted by Crippen LogP contribution is 2.30. The summed E-state index contributed by atoms with van der Waals surface area (Å²) in [4.78, 5) is 32.9. The molecule has 0 fully saturated rings. The van der Waals surface area contributed by atoms with Gasteiger partial charge in [-0.3, -0.25) is 14.5 Å². The molecule has 0 saturated carbocycles. The molecule has 238 valence electrons. The topological polar surface area (TPSA) is 125 Å². The molecule has 0 unspecified atom stereocenters.